The van der Waals surface area contributed by atoms with Crippen molar-refractivity contribution in [1.82, 2.24) is 0 Å². The minimum atomic E-state index is -4.76. The predicted molar refractivity (Wildman–Crippen MR) is 103 cm³/mol. The molecule has 0 unspecified atom stereocenters. The Labute approximate surface area is 170 Å². The average Bonchev–Trinajstić information content (AvgIpc) is 3.45. The van der Waals surface area contributed by atoms with Gasteiger partial charge in [0, 0.05) is 5.56 Å². The highest BCUT2D eigenvalue weighted by Gasteiger charge is 2.31. The van der Waals surface area contributed by atoms with Crippen molar-refractivity contribution in [2.75, 3.05) is 6.61 Å². The topological polar surface area (TPSA) is 57.1 Å². The minimum Gasteiger partial charge on any atom is -0.494 e. The summed E-state index contributed by atoms with van der Waals surface area (Å²) in [7, 11) is 0. The first-order valence-electron chi connectivity index (χ1n) is 9.47. The summed E-state index contributed by atoms with van der Waals surface area (Å²) in [4.78, 5) is 16.3. The first kappa shape index (κ1) is 20.0. The monoisotopic (exact) mass is 417 g/mol. The number of halogens is 3. The molecule has 1 heterocycles. The Balaban J connectivity index is 1.41. The number of carbonyl (C=O) groups is 1. The van der Waals surface area contributed by atoms with E-state index < -0.39 is 12.3 Å². The molecule has 1 fully saturated rings. The number of rotatable bonds is 7. The molecule has 4 rings (SSSR count). The number of carbonyl (C=O) groups excluding carboxylic acids is 1. The normalized spacial score (nSPS) is 17.6. The minimum absolute atomic E-state index is 0.0549. The first-order chi connectivity index (χ1) is 14.4. The molecule has 0 saturated heterocycles. The average molecular weight is 417 g/mol. The molecule has 30 heavy (non-hydrogen) atoms. The Bertz CT molecular complexity index is 975. The highest BCUT2D eigenvalue weighted by atomic mass is 19.4. The Kier molecular flexibility index (Phi) is 5.48. The van der Waals surface area contributed by atoms with E-state index >= 15 is 0 Å². The number of hydrogen-bond donors (Lipinski definition) is 0. The van der Waals surface area contributed by atoms with Crippen molar-refractivity contribution in [3.63, 3.8) is 0 Å². The largest absolute Gasteiger partial charge is 0.573 e. The van der Waals surface area contributed by atoms with Gasteiger partial charge in [-0.15, -0.1) is 13.2 Å². The number of benzene rings is 2. The molecule has 156 valence electrons. The summed E-state index contributed by atoms with van der Waals surface area (Å²) in [5, 5.41) is 0. The third-order valence-electron chi connectivity index (χ3n) is 4.63. The fraction of sp³-hybridized carbons (Fsp3) is 0.273. The second-order valence-electron chi connectivity index (χ2n) is 7.06. The molecular formula is C22H18F3NO4. The lowest BCUT2D eigenvalue weighted by Gasteiger charge is -2.08. The zero-order valence-electron chi connectivity index (χ0n) is 15.8. The van der Waals surface area contributed by atoms with Gasteiger partial charge in [0.05, 0.1) is 6.61 Å². The Morgan fingerprint density at radius 2 is 1.70 bits per heavy atom. The molecular weight excluding hydrogens is 399 g/mol. The molecule has 0 amide bonds. The van der Waals surface area contributed by atoms with E-state index in [1.165, 1.54) is 31.1 Å². The zero-order valence-corrected chi connectivity index (χ0v) is 15.8. The lowest BCUT2D eigenvalue weighted by Crippen LogP contribution is -2.16. The van der Waals surface area contributed by atoms with E-state index in [0.717, 1.165) is 30.2 Å². The maximum Gasteiger partial charge on any atom is 0.573 e. The molecule has 0 aromatic heterocycles. The summed E-state index contributed by atoms with van der Waals surface area (Å²) in [5.41, 5.74) is 1.16. The van der Waals surface area contributed by atoms with Crippen LogP contribution in [0.25, 0.3) is 6.08 Å². The van der Waals surface area contributed by atoms with Crippen molar-refractivity contribution in [3.05, 3.63) is 65.4 Å². The smallest absolute Gasteiger partial charge is 0.494 e. The number of hydrogen-bond acceptors (Lipinski definition) is 5. The zero-order chi connectivity index (χ0) is 21.1. The Morgan fingerprint density at radius 3 is 2.33 bits per heavy atom. The van der Waals surface area contributed by atoms with E-state index in [1.54, 1.807) is 24.3 Å². The van der Waals surface area contributed by atoms with Gasteiger partial charge in [-0.05, 0) is 60.4 Å². The molecule has 0 spiro atoms. The van der Waals surface area contributed by atoms with Crippen LogP contribution in [0.1, 0.15) is 30.4 Å². The fourth-order valence-corrected chi connectivity index (χ4v) is 2.90. The highest BCUT2D eigenvalue weighted by molar-refractivity contribution is 6.12. The van der Waals surface area contributed by atoms with Crippen LogP contribution in [0.5, 0.6) is 11.5 Å². The number of alkyl halides is 3. The number of esters is 1. The van der Waals surface area contributed by atoms with Gasteiger partial charge in [-0.3, -0.25) is 0 Å². The van der Waals surface area contributed by atoms with Crippen molar-refractivity contribution >= 4 is 17.9 Å². The van der Waals surface area contributed by atoms with Crippen LogP contribution < -0.4 is 9.47 Å². The third-order valence-corrected chi connectivity index (χ3v) is 4.63. The van der Waals surface area contributed by atoms with Crippen LogP contribution in [-0.4, -0.2) is 24.8 Å². The van der Waals surface area contributed by atoms with Crippen LogP contribution in [-0.2, 0) is 9.53 Å². The van der Waals surface area contributed by atoms with Crippen molar-refractivity contribution in [2.45, 2.75) is 25.6 Å². The molecule has 1 saturated carbocycles. The third kappa shape index (κ3) is 5.40. The van der Waals surface area contributed by atoms with Gasteiger partial charge in [0.25, 0.3) is 0 Å². The number of cyclic esters (lactones) is 1. The standard InChI is InChI=1S/C22H18F3NO4/c23-22(24,25)30-18-7-3-15(4-8-18)13-19-21(27)29-20(26-19)16-5-9-17(10-6-16)28-12-11-14-1-2-14/h3-10,13-14H,1-2,11-12H2. The maximum atomic E-state index is 12.2. The van der Waals surface area contributed by atoms with Crippen molar-refractivity contribution < 1.29 is 32.2 Å². The molecule has 0 atom stereocenters. The van der Waals surface area contributed by atoms with Crippen LogP contribution in [0.2, 0.25) is 0 Å². The lowest BCUT2D eigenvalue weighted by atomic mass is 10.2. The van der Waals surface area contributed by atoms with Gasteiger partial charge in [0.2, 0.25) is 5.90 Å². The SMILES string of the molecule is O=C1OC(c2ccc(OCCC3CC3)cc2)=NC1=Cc1ccc(OC(F)(F)F)cc1. The quantitative estimate of drug-likeness (QED) is 0.464. The summed E-state index contributed by atoms with van der Waals surface area (Å²) >= 11 is 0. The number of nitrogens with zero attached hydrogens (tertiary/aromatic N) is 1. The second-order valence-corrected chi connectivity index (χ2v) is 7.06. The van der Waals surface area contributed by atoms with Crippen molar-refractivity contribution in [3.8, 4) is 11.5 Å². The van der Waals surface area contributed by atoms with Gasteiger partial charge in [-0.25, -0.2) is 9.79 Å². The van der Waals surface area contributed by atoms with Crippen LogP contribution in [0, 0.1) is 5.92 Å². The Morgan fingerprint density at radius 1 is 1.03 bits per heavy atom. The van der Waals surface area contributed by atoms with Crippen LogP contribution >= 0.6 is 0 Å². The summed E-state index contributed by atoms with van der Waals surface area (Å²) in [6, 6.07) is 12.2. The van der Waals surface area contributed by atoms with E-state index in [9.17, 15) is 18.0 Å². The molecule has 8 heteroatoms. The molecule has 2 aromatic carbocycles. The van der Waals surface area contributed by atoms with Gasteiger partial charge in [0.15, 0.2) is 5.70 Å². The van der Waals surface area contributed by atoms with Crippen LogP contribution in [0.3, 0.4) is 0 Å². The van der Waals surface area contributed by atoms with Gasteiger partial charge in [-0.1, -0.05) is 25.0 Å². The maximum absolute atomic E-state index is 12.2. The lowest BCUT2D eigenvalue weighted by molar-refractivity contribution is -0.274. The van der Waals surface area contributed by atoms with Gasteiger partial charge >= 0.3 is 12.3 Å². The summed E-state index contributed by atoms with van der Waals surface area (Å²) in [6.07, 6.45) is 0.307. The summed E-state index contributed by atoms with van der Waals surface area (Å²) in [6.45, 7) is 0.680. The fourth-order valence-electron chi connectivity index (χ4n) is 2.90. The van der Waals surface area contributed by atoms with Crippen LogP contribution in [0.15, 0.2) is 59.2 Å². The summed E-state index contributed by atoms with van der Waals surface area (Å²) < 4.78 is 51.4. The number of ether oxygens (including phenoxy) is 3. The predicted octanol–water partition coefficient (Wildman–Crippen LogP) is 5.11. The molecule has 0 radical (unpaired) electrons. The molecule has 2 aromatic rings. The van der Waals surface area contributed by atoms with E-state index in [2.05, 4.69) is 9.73 Å². The van der Waals surface area contributed by atoms with E-state index in [-0.39, 0.29) is 17.3 Å². The van der Waals surface area contributed by atoms with Crippen molar-refractivity contribution in [2.24, 2.45) is 10.9 Å². The highest BCUT2D eigenvalue weighted by Crippen LogP contribution is 2.32. The van der Waals surface area contributed by atoms with Gasteiger partial charge in [0.1, 0.15) is 11.5 Å². The van der Waals surface area contributed by atoms with E-state index in [4.69, 9.17) is 9.47 Å². The van der Waals surface area contributed by atoms with Crippen molar-refractivity contribution in [1.29, 1.82) is 0 Å². The van der Waals surface area contributed by atoms with E-state index in [0.29, 0.717) is 17.7 Å². The molecule has 0 bridgehead atoms. The molecule has 5 nitrogen and oxygen atoms in total. The first-order valence-corrected chi connectivity index (χ1v) is 9.47. The summed E-state index contributed by atoms with van der Waals surface area (Å²) in [5.74, 6) is 0.719. The van der Waals surface area contributed by atoms with Crippen LogP contribution in [0.4, 0.5) is 13.2 Å². The molecule has 2 aliphatic rings. The molecule has 1 aliphatic heterocycles. The molecule has 0 N–H and O–H groups in total. The molecule has 1 aliphatic carbocycles. The number of aliphatic imine (C=N–C) groups is 1. The Hall–Kier alpha value is -3.29. The van der Waals surface area contributed by atoms with Gasteiger partial charge < -0.3 is 14.2 Å². The van der Waals surface area contributed by atoms with Gasteiger partial charge in [-0.2, -0.15) is 0 Å². The van der Waals surface area contributed by atoms with E-state index in [1.807, 2.05) is 0 Å². The second kappa shape index (κ2) is 8.22.